The van der Waals surface area contributed by atoms with Crippen molar-refractivity contribution in [2.24, 2.45) is 0 Å². The van der Waals surface area contributed by atoms with Gasteiger partial charge in [-0.05, 0) is 42.9 Å². The molecule has 1 aliphatic rings. The van der Waals surface area contributed by atoms with E-state index >= 15 is 0 Å². The molecular formula is C15H20O3. The third kappa shape index (κ3) is 2.84. The minimum Gasteiger partial charge on any atom is -0.493 e. The Morgan fingerprint density at radius 2 is 2.17 bits per heavy atom. The third-order valence-corrected chi connectivity index (χ3v) is 3.55. The van der Waals surface area contributed by atoms with Gasteiger partial charge in [-0.1, -0.05) is 13.0 Å². The van der Waals surface area contributed by atoms with Crippen LogP contribution in [0.15, 0.2) is 18.2 Å². The second-order valence-corrected chi connectivity index (χ2v) is 4.88. The smallest absolute Gasteiger partial charge is 0.161 e. The van der Waals surface area contributed by atoms with E-state index in [1.165, 1.54) is 6.42 Å². The number of aldehydes is 1. The van der Waals surface area contributed by atoms with Gasteiger partial charge < -0.3 is 14.3 Å². The Labute approximate surface area is 108 Å². The van der Waals surface area contributed by atoms with Crippen molar-refractivity contribution >= 4 is 6.29 Å². The molecular weight excluding hydrogens is 228 g/mol. The van der Waals surface area contributed by atoms with Gasteiger partial charge in [-0.25, -0.2) is 0 Å². The lowest BCUT2D eigenvalue weighted by atomic mass is 9.95. The van der Waals surface area contributed by atoms with Crippen molar-refractivity contribution in [3.05, 3.63) is 23.8 Å². The minimum absolute atomic E-state index is 0.217. The molecule has 1 aromatic rings. The fourth-order valence-electron chi connectivity index (χ4n) is 2.04. The maximum absolute atomic E-state index is 10.5. The monoisotopic (exact) mass is 248 g/mol. The zero-order chi connectivity index (χ0) is 13.0. The maximum Gasteiger partial charge on any atom is 0.161 e. The van der Waals surface area contributed by atoms with Gasteiger partial charge in [-0.3, -0.25) is 0 Å². The van der Waals surface area contributed by atoms with Crippen LogP contribution >= 0.6 is 0 Å². The molecule has 2 rings (SSSR count). The predicted molar refractivity (Wildman–Crippen MR) is 70.4 cm³/mol. The molecule has 0 radical (unpaired) electrons. The van der Waals surface area contributed by atoms with Crippen molar-refractivity contribution in [2.75, 3.05) is 7.11 Å². The topological polar surface area (TPSA) is 35.5 Å². The molecule has 0 heterocycles. The van der Waals surface area contributed by atoms with Gasteiger partial charge in [0.15, 0.2) is 11.5 Å². The number of hydrogen-bond donors (Lipinski definition) is 0. The highest BCUT2D eigenvalue weighted by atomic mass is 16.5. The van der Waals surface area contributed by atoms with Crippen molar-refractivity contribution in [3.8, 4) is 11.5 Å². The number of ether oxygens (including phenoxy) is 2. The largest absolute Gasteiger partial charge is 0.493 e. The van der Waals surface area contributed by atoms with Crippen molar-refractivity contribution in [3.63, 3.8) is 0 Å². The van der Waals surface area contributed by atoms with Gasteiger partial charge in [0.1, 0.15) is 6.29 Å². The maximum atomic E-state index is 10.5. The van der Waals surface area contributed by atoms with Crippen LogP contribution in [0.5, 0.6) is 11.5 Å². The average molecular weight is 248 g/mol. The van der Waals surface area contributed by atoms with E-state index in [9.17, 15) is 4.79 Å². The van der Waals surface area contributed by atoms with Crippen LogP contribution in [0.2, 0.25) is 0 Å². The summed E-state index contributed by atoms with van der Waals surface area (Å²) in [7, 11) is 1.65. The Balaban J connectivity index is 2.13. The van der Waals surface area contributed by atoms with Crippen LogP contribution in [0.25, 0.3) is 0 Å². The molecule has 3 nitrogen and oxygen atoms in total. The summed E-state index contributed by atoms with van der Waals surface area (Å²) in [6, 6.07) is 5.95. The Bertz CT molecular complexity index is 410. The van der Waals surface area contributed by atoms with Gasteiger partial charge in [-0.2, -0.15) is 0 Å². The lowest BCUT2D eigenvalue weighted by Crippen LogP contribution is -2.24. The van der Waals surface area contributed by atoms with Crippen molar-refractivity contribution in [1.82, 2.24) is 0 Å². The molecule has 18 heavy (non-hydrogen) atoms. The number of methoxy groups -OCH3 is 1. The highest BCUT2D eigenvalue weighted by molar-refractivity contribution is 5.52. The van der Waals surface area contributed by atoms with E-state index in [-0.39, 0.29) is 5.92 Å². The first-order chi connectivity index (χ1) is 8.74. The summed E-state index contributed by atoms with van der Waals surface area (Å²) in [5.74, 6) is 1.79. The second kappa shape index (κ2) is 5.89. The van der Waals surface area contributed by atoms with Crippen LogP contribution in [0, 0.1) is 0 Å². The van der Waals surface area contributed by atoms with Crippen LogP contribution in [-0.4, -0.2) is 19.5 Å². The highest BCUT2D eigenvalue weighted by Gasteiger charge is 2.21. The van der Waals surface area contributed by atoms with E-state index < -0.39 is 0 Å². The number of rotatable bonds is 6. The molecule has 0 aliphatic heterocycles. The fourth-order valence-corrected chi connectivity index (χ4v) is 2.04. The molecule has 1 unspecified atom stereocenters. The predicted octanol–water partition coefficient (Wildman–Crippen LogP) is 3.32. The Hall–Kier alpha value is -1.51. The first kappa shape index (κ1) is 12.9. The molecule has 1 atom stereocenters. The fraction of sp³-hybridized carbons (Fsp3) is 0.533. The van der Waals surface area contributed by atoms with Gasteiger partial charge in [0.25, 0.3) is 0 Å². The molecule has 0 amide bonds. The second-order valence-electron chi connectivity index (χ2n) is 4.88. The van der Waals surface area contributed by atoms with E-state index in [4.69, 9.17) is 9.47 Å². The number of hydrogen-bond acceptors (Lipinski definition) is 3. The average Bonchev–Trinajstić information content (AvgIpc) is 2.34. The summed E-state index contributed by atoms with van der Waals surface area (Å²) in [5.41, 5.74) is 1.11. The summed E-state index contributed by atoms with van der Waals surface area (Å²) >= 11 is 0. The van der Waals surface area contributed by atoms with Crippen LogP contribution in [0.3, 0.4) is 0 Å². The van der Waals surface area contributed by atoms with E-state index in [2.05, 4.69) is 0 Å². The molecule has 1 fully saturated rings. The highest BCUT2D eigenvalue weighted by Crippen LogP contribution is 2.34. The van der Waals surface area contributed by atoms with Crippen LogP contribution in [0.4, 0.5) is 0 Å². The molecule has 0 N–H and O–H groups in total. The summed E-state index contributed by atoms with van der Waals surface area (Å²) in [4.78, 5) is 10.5. The standard InChI is InChI=1S/C15H20O3/c1-11(8-9-16)12-6-7-14(15(10-12)17-2)18-13-4-3-5-13/h6-7,9-11,13H,3-5,8H2,1-2H3. The van der Waals surface area contributed by atoms with Gasteiger partial charge in [0, 0.05) is 6.42 Å². The first-order valence-corrected chi connectivity index (χ1v) is 6.52. The molecule has 98 valence electrons. The zero-order valence-electron chi connectivity index (χ0n) is 11.0. The number of carbonyl (C=O) groups is 1. The molecule has 0 spiro atoms. The zero-order valence-corrected chi connectivity index (χ0v) is 11.0. The summed E-state index contributed by atoms with van der Waals surface area (Å²) in [6.45, 7) is 2.04. The SMILES string of the molecule is COc1cc(C(C)CC=O)ccc1OC1CCC1. The normalized spacial score (nSPS) is 16.8. The first-order valence-electron chi connectivity index (χ1n) is 6.52. The van der Waals surface area contributed by atoms with Crippen LogP contribution < -0.4 is 9.47 Å². The van der Waals surface area contributed by atoms with Crippen molar-refractivity contribution in [2.45, 2.75) is 44.6 Å². The van der Waals surface area contributed by atoms with Gasteiger partial charge >= 0.3 is 0 Å². The van der Waals surface area contributed by atoms with E-state index in [0.29, 0.717) is 12.5 Å². The van der Waals surface area contributed by atoms with Gasteiger partial charge in [-0.15, -0.1) is 0 Å². The lowest BCUT2D eigenvalue weighted by molar-refractivity contribution is -0.108. The summed E-state index contributed by atoms with van der Waals surface area (Å²) in [5, 5.41) is 0. The lowest BCUT2D eigenvalue weighted by Gasteiger charge is -2.27. The molecule has 0 bridgehead atoms. The quantitative estimate of drug-likeness (QED) is 0.724. The van der Waals surface area contributed by atoms with Gasteiger partial charge in [0.05, 0.1) is 13.2 Å². The molecule has 1 aromatic carbocycles. The number of carbonyl (C=O) groups excluding carboxylic acids is 1. The van der Waals surface area contributed by atoms with E-state index in [0.717, 1.165) is 36.2 Å². The summed E-state index contributed by atoms with van der Waals surface area (Å²) in [6.07, 6.45) is 5.35. The van der Waals surface area contributed by atoms with Crippen LogP contribution in [0.1, 0.15) is 44.1 Å². The molecule has 1 aliphatic carbocycles. The minimum atomic E-state index is 0.217. The Kier molecular flexibility index (Phi) is 4.24. The van der Waals surface area contributed by atoms with Crippen LogP contribution in [-0.2, 0) is 4.79 Å². The molecule has 0 saturated heterocycles. The molecule has 3 heteroatoms. The summed E-state index contributed by atoms with van der Waals surface area (Å²) < 4.78 is 11.2. The van der Waals surface area contributed by atoms with Crippen molar-refractivity contribution < 1.29 is 14.3 Å². The van der Waals surface area contributed by atoms with E-state index in [1.807, 2.05) is 25.1 Å². The van der Waals surface area contributed by atoms with Gasteiger partial charge in [0.2, 0.25) is 0 Å². The molecule has 1 saturated carbocycles. The Morgan fingerprint density at radius 1 is 1.39 bits per heavy atom. The Morgan fingerprint density at radius 3 is 2.72 bits per heavy atom. The molecule has 0 aromatic heterocycles. The van der Waals surface area contributed by atoms with Crippen molar-refractivity contribution in [1.29, 1.82) is 0 Å². The third-order valence-electron chi connectivity index (χ3n) is 3.55. The van der Waals surface area contributed by atoms with E-state index in [1.54, 1.807) is 7.11 Å². The number of benzene rings is 1.